The monoisotopic (exact) mass is 197 g/mol. The second-order valence-corrected chi connectivity index (χ2v) is 2.82. The standard InChI is InChI=1S/C6H6N4O4/c1-10-3(11)6(14)2(8-5(10)13)7-4(12)9-6/h14H,1H3,(H2,7,8,9,12,13)/p-1. The summed E-state index contributed by atoms with van der Waals surface area (Å²) in [6, 6.07) is -1.75. The summed E-state index contributed by atoms with van der Waals surface area (Å²) in [6.45, 7) is 0. The summed E-state index contributed by atoms with van der Waals surface area (Å²) in [4.78, 5) is 29.4. The molecule has 0 aromatic carbocycles. The van der Waals surface area contributed by atoms with Gasteiger partial charge in [0.15, 0.2) is 5.84 Å². The van der Waals surface area contributed by atoms with E-state index >= 15 is 0 Å². The molecule has 2 N–H and O–H groups in total. The average Bonchev–Trinajstić information content (AvgIpc) is 2.39. The molecule has 3 amide bonds. The van der Waals surface area contributed by atoms with Gasteiger partial charge >= 0.3 is 6.03 Å². The minimum atomic E-state index is -2.35. The molecule has 1 fully saturated rings. The molecular formula is C6H5N4O4-. The van der Waals surface area contributed by atoms with E-state index in [-0.39, 0.29) is 0 Å². The van der Waals surface area contributed by atoms with E-state index in [1.807, 2.05) is 0 Å². The highest BCUT2D eigenvalue weighted by atomic mass is 16.3. The molecule has 1 unspecified atom stereocenters. The Morgan fingerprint density at radius 3 is 2.86 bits per heavy atom. The second-order valence-electron chi connectivity index (χ2n) is 2.82. The Morgan fingerprint density at radius 1 is 1.57 bits per heavy atom. The van der Waals surface area contributed by atoms with E-state index < -0.39 is 29.5 Å². The number of imide groups is 1. The molecule has 0 spiro atoms. The van der Waals surface area contributed by atoms with Crippen molar-refractivity contribution in [1.29, 1.82) is 0 Å². The van der Waals surface area contributed by atoms with Crippen molar-refractivity contribution in [3.05, 3.63) is 0 Å². The molecule has 2 aliphatic heterocycles. The van der Waals surface area contributed by atoms with Crippen LogP contribution in [-0.2, 0) is 4.79 Å². The third-order valence-corrected chi connectivity index (χ3v) is 1.93. The van der Waals surface area contributed by atoms with Gasteiger partial charge in [-0.2, -0.15) is 0 Å². The number of amidine groups is 2. The molecule has 0 radical (unpaired) electrons. The van der Waals surface area contributed by atoms with E-state index in [9.17, 15) is 19.8 Å². The van der Waals surface area contributed by atoms with Gasteiger partial charge in [-0.3, -0.25) is 15.0 Å². The maximum absolute atomic E-state index is 11.4. The Labute approximate surface area is 77.6 Å². The lowest BCUT2D eigenvalue weighted by Gasteiger charge is -2.30. The van der Waals surface area contributed by atoms with Gasteiger partial charge in [0, 0.05) is 7.05 Å². The number of urea groups is 1. The summed E-state index contributed by atoms with van der Waals surface area (Å²) in [5, 5.41) is 22.4. The Kier molecular flexibility index (Phi) is 1.41. The number of aliphatic hydroxyl groups is 1. The topological polar surface area (TPSA) is 117 Å². The summed E-state index contributed by atoms with van der Waals surface area (Å²) in [6.07, 6.45) is 0. The third kappa shape index (κ3) is 0.852. The van der Waals surface area contributed by atoms with Crippen LogP contribution in [0.15, 0.2) is 9.98 Å². The predicted octanol–water partition coefficient (Wildman–Crippen LogP) is -3.01. The summed E-state index contributed by atoms with van der Waals surface area (Å²) in [7, 11) is 1.16. The highest BCUT2D eigenvalue weighted by Crippen LogP contribution is 2.20. The van der Waals surface area contributed by atoms with Crippen molar-refractivity contribution in [2.75, 3.05) is 7.05 Å². The molecule has 1 atom stereocenters. The van der Waals surface area contributed by atoms with Gasteiger partial charge in [0.2, 0.25) is 0 Å². The largest absolute Gasteiger partial charge is 0.845 e. The van der Waals surface area contributed by atoms with Gasteiger partial charge in [0.05, 0.1) is 6.02 Å². The number of amides is 3. The van der Waals surface area contributed by atoms with Crippen LogP contribution in [0.1, 0.15) is 0 Å². The summed E-state index contributed by atoms with van der Waals surface area (Å²) in [5.74, 6) is -1.43. The third-order valence-electron chi connectivity index (χ3n) is 1.93. The SMILES string of the molecule is CN1C(=O)NC2=NC([O-])=NC2(O)C1=O. The minimum Gasteiger partial charge on any atom is -0.845 e. The first-order valence-electron chi connectivity index (χ1n) is 3.62. The number of hydrogen-bond acceptors (Lipinski definition) is 6. The zero-order chi connectivity index (χ0) is 10.5. The first kappa shape index (κ1) is 8.63. The fourth-order valence-corrected chi connectivity index (χ4v) is 1.17. The molecule has 2 heterocycles. The normalized spacial score (nSPS) is 30.9. The summed E-state index contributed by atoms with van der Waals surface area (Å²) in [5.41, 5.74) is -2.35. The number of aliphatic imine (C=N–C) groups is 2. The molecule has 14 heavy (non-hydrogen) atoms. The first-order valence-corrected chi connectivity index (χ1v) is 3.62. The summed E-state index contributed by atoms with van der Waals surface area (Å²) < 4.78 is 0. The molecule has 2 rings (SSSR count). The zero-order valence-electron chi connectivity index (χ0n) is 7.01. The number of fused-ring (bicyclic) bond motifs is 1. The number of carbonyl (C=O) groups is 2. The van der Waals surface area contributed by atoms with Crippen LogP contribution in [0, 0.1) is 0 Å². The molecule has 8 heteroatoms. The zero-order valence-corrected chi connectivity index (χ0v) is 7.01. The van der Waals surface area contributed by atoms with Crippen LogP contribution in [-0.4, -0.2) is 46.6 Å². The van der Waals surface area contributed by atoms with Gasteiger partial charge in [0.25, 0.3) is 11.6 Å². The molecule has 1 saturated heterocycles. The Morgan fingerprint density at radius 2 is 2.21 bits per heavy atom. The van der Waals surface area contributed by atoms with E-state index in [1.54, 1.807) is 0 Å². The van der Waals surface area contributed by atoms with E-state index in [0.717, 1.165) is 7.05 Å². The molecule has 0 bridgehead atoms. The number of hydrogen-bond donors (Lipinski definition) is 2. The number of nitrogens with one attached hydrogen (secondary N) is 1. The van der Waals surface area contributed by atoms with Crippen LogP contribution >= 0.6 is 0 Å². The van der Waals surface area contributed by atoms with E-state index in [4.69, 9.17) is 0 Å². The van der Waals surface area contributed by atoms with Gasteiger partial charge in [-0.15, -0.1) is 0 Å². The Hall–Kier alpha value is -1.96. The first-order chi connectivity index (χ1) is 6.45. The molecule has 0 saturated carbocycles. The smallest absolute Gasteiger partial charge is 0.329 e. The molecule has 74 valence electrons. The minimum absolute atomic E-state index is 0.435. The lowest BCUT2D eigenvalue weighted by Crippen LogP contribution is -2.65. The number of rotatable bonds is 0. The van der Waals surface area contributed by atoms with Crippen molar-refractivity contribution in [2.45, 2.75) is 5.72 Å². The lowest BCUT2D eigenvalue weighted by molar-refractivity contribution is -0.217. The van der Waals surface area contributed by atoms with Crippen molar-refractivity contribution in [2.24, 2.45) is 9.98 Å². The van der Waals surface area contributed by atoms with E-state index in [0.29, 0.717) is 4.90 Å². The lowest BCUT2D eigenvalue weighted by atomic mass is 10.1. The molecule has 0 aromatic heterocycles. The molecule has 2 aliphatic rings. The molecule has 0 aliphatic carbocycles. The van der Waals surface area contributed by atoms with Crippen molar-refractivity contribution >= 4 is 23.8 Å². The van der Waals surface area contributed by atoms with Crippen LogP contribution < -0.4 is 10.4 Å². The predicted molar refractivity (Wildman–Crippen MR) is 41.1 cm³/mol. The number of likely N-dealkylation sites (N-methyl/N-ethyl adjacent to an activating group) is 1. The van der Waals surface area contributed by atoms with Gasteiger partial charge in [-0.25, -0.2) is 14.8 Å². The van der Waals surface area contributed by atoms with Gasteiger partial charge in [0.1, 0.15) is 0 Å². The van der Waals surface area contributed by atoms with Gasteiger partial charge in [-0.05, 0) is 0 Å². The highest BCUT2D eigenvalue weighted by molar-refractivity contribution is 6.26. The fourth-order valence-electron chi connectivity index (χ4n) is 1.17. The number of nitrogens with zero attached hydrogens (tertiary/aromatic N) is 3. The fraction of sp³-hybridized carbons (Fsp3) is 0.333. The quantitative estimate of drug-likeness (QED) is 0.429. The van der Waals surface area contributed by atoms with E-state index in [2.05, 4.69) is 15.3 Å². The Balaban J connectivity index is 2.50. The van der Waals surface area contributed by atoms with Crippen molar-refractivity contribution in [3.63, 3.8) is 0 Å². The summed E-state index contributed by atoms with van der Waals surface area (Å²) >= 11 is 0. The second kappa shape index (κ2) is 2.29. The van der Waals surface area contributed by atoms with Crippen LogP contribution in [0.5, 0.6) is 0 Å². The van der Waals surface area contributed by atoms with Crippen molar-refractivity contribution in [3.8, 4) is 0 Å². The Bertz CT molecular complexity index is 401. The van der Waals surface area contributed by atoms with Crippen LogP contribution in [0.25, 0.3) is 0 Å². The maximum atomic E-state index is 11.4. The van der Waals surface area contributed by atoms with Crippen LogP contribution in [0.3, 0.4) is 0 Å². The molecule has 8 nitrogen and oxygen atoms in total. The number of carbonyl (C=O) groups excluding carboxylic acids is 2. The van der Waals surface area contributed by atoms with Gasteiger partial charge in [-0.1, -0.05) is 0 Å². The highest BCUT2D eigenvalue weighted by Gasteiger charge is 2.52. The van der Waals surface area contributed by atoms with Crippen molar-refractivity contribution < 1.29 is 19.8 Å². The van der Waals surface area contributed by atoms with Crippen molar-refractivity contribution in [1.82, 2.24) is 10.2 Å². The average molecular weight is 197 g/mol. The molecular weight excluding hydrogens is 192 g/mol. The van der Waals surface area contributed by atoms with E-state index in [1.165, 1.54) is 0 Å². The van der Waals surface area contributed by atoms with Gasteiger partial charge < -0.3 is 10.2 Å². The molecule has 0 aromatic rings. The van der Waals surface area contributed by atoms with Crippen LogP contribution in [0.2, 0.25) is 0 Å². The van der Waals surface area contributed by atoms with Crippen LogP contribution in [0.4, 0.5) is 4.79 Å². The maximum Gasteiger partial charge on any atom is 0.329 e.